The number of carbonyl (C=O) groups excluding carboxylic acids is 1. The zero-order valence-corrected chi connectivity index (χ0v) is 13.0. The largest absolute Gasteiger partial charge is 0.325 e. The molecule has 0 spiro atoms. The van der Waals surface area contributed by atoms with E-state index in [0.29, 0.717) is 12.6 Å². The number of anilines is 1. The van der Waals surface area contributed by atoms with Crippen LogP contribution < -0.4 is 10.6 Å². The molecule has 0 aliphatic carbocycles. The average Bonchev–Trinajstić information content (AvgIpc) is 2.42. The van der Waals surface area contributed by atoms with E-state index in [-0.39, 0.29) is 18.3 Å². The Bertz CT molecular complexity index is 439. The molecule has 0 aromatic heterocycles. The highest BCUT2D eigenvalue weighted by atomic mass is 35.5. The van der Waals surface area contributed by atoms with Crippen LogP contribution >= 0.6 is 12.4 Å². The van der Waals surface area contributed by atoms with E-state index in [1.807, 2.05) is 18.2 Å². The number of hydrogen-bond donors (Lipinski definition) is 2. The maximum atomic E-state index is 12.1. The van der Waals surface area contributed by atoms with Crippen LogP contribution in [0, 0.1) is 0 Å². The lowest BCUT2D eigenvalue weighted by Crippen LogP contribution is -2.52. The van der Waals surface area contributed by atoms with Crippen LogP contribution in [-0.4, -0.2) is 43.0 Å². The minimum Gasteiger partial charge on any atom is -0.325 e. The molecule has 0 bridgehead atoms. The summed E-state index contributed by atoms with van der Waals surface area (Å²) >= 11 is 0. The van der Waals surface area contributed by atoms with Crippen LogP contribution in [0.15, 0.2) is 24.3 Å². The Labute approximate surface area is 127 Å². The van der Waals surface area contributed by atoms with Crippen molar-refractivity contribution in [2.45, 2.75) is 26.3 Å². The number of rotatable bonds is 4. The Morgan fingerprint density at radius 3 is 2.90 bits per heavy atom. The summed E-state index contributed by atoms with van der Waals surface area (Å²) in [6.07, 6.45) is 0.931. The van der Waals surface area contributed by atoms with E-state index < -0.39 is 0 Å². The lowest BCUT2D eigenvalue weighted by molar-refractivity contribution is -0.118. The summed E-state index contributed by atoms with van der Waals surface area (Å²) in [6.45, 7) is 7.58. The van der Waals surface area contributed by atoms with E-state index in [9.17, 15) is 4.79 Å². The second-order valence-corrected chi connectivity index (χ2v) is 5.08. The lowest BCUT2D eigenvalue weighted by atomic mass is 10.1. The third-order valence-electron chi connectivity index (χ3n) is 3.66. The van der Waals surface area contributed by atoms with Gasteiger partial charge in [0.25, 0.3) is 0 Å². The summed E-state index contributed by atoms with van der Waals surface area (Å²) in [4.78, 5) is 14.3. The second kappa shape index (κ2) is 8.25. The summed E-state index contributed by atoms with van der Waals surface area (Å²) in [5.74, 6) is 0.0784. The van der Waals surface area contributed by atoms with Gasteiger partial charge in [-0.3, -0.25) is 9.69 Å². The molecule has 112 valence electrons. The maximum Gasteiger partial charge on any atom is 0.238 e. The fourth-order valence-corrected chi connectivity index (χ4v) is 2.44. The van der Waals surface area contributed by atoms with E-state index in [1.54, 1.807) is 0 Å². The molecule has 1 aromatic carbocycles. The first-order chi connectivity index (χ1) is 9.20. The van der Waals surface area contributed by atoms with Crippen molar-refractivity contribution in [3.63, 3.8) is 0 Å². The van der Waals surface area contributed by atoms with E-state index in [4.69, 9.17) is 0 Å². The van der Waals surface area contributed by atoms with Gasteiger partial charge >= 0.3 is 0 Å². The second-order valence-electron chi connectivity index (χ2n) is 5.08. The van der Waals surface area contributed by atoms with Crippen LogP contribution in [0.4, 0.5) is 5.69 Å². The molecule has 1 aromatic rings. The molecule has 1 saturated heterocycles. The van der Waals surface area contributed by atoms with Gasteiger partial charge in [0.05, 0.1) is 6.54 Å². The maximum absolute atomic E-state index is 12.1. The molecule has 1 atom stereocenters. The van der Waals surface area contributed by atoms with Gasteiger partial charge in [-0.15, -0.1) is 12.4 Å². The molecule has 1 fully saturated rings. The van der Waals surface area contributed by atoms with E-state index >= 15 is 0 Å². The van der Waals surface area contributed by atoms with E-state index in [2.05, 4.69) is 35.4 Å². The normalized spacial score (nSPS) is 19.2. The molecule has 2 rings (SSSR count). The standard InChI is InChI=1S/C15H23N3O.ClH/c1-3-13-6-4-5-7-14(13)17-15(19)11-18-9-8-16-10-12(18)2;/h4-7,12,16H,3,8-11H2,1-2H3,(H,17,19);1H/t12-;/m1./s1. The van der Waals surface area contributed by atoms with Crippen LogP contribution in [0.2, 0.25) is 0 Å². The number of nitrogens with one attached hydrogen (secondary N) is 2. The van der Waals surface area contributed by atoms with Crippen LogP contribution in [0.25, 0.3) is 0 Å². The van der Waals surface area contributed by atoms with E-state index in [0.717, 1.165) is 31.7 Å². The molecule has 4 nitrogen and oxygen atoms in total. The highest BCUT2D eigenvalue weighted by Gasteiger charge is 2.20. The Morgan fingerprint density at radius 1 is 1.45 bits per heavy atom. The zero-order chi connectivity index (χ0) is 13.7. The number of carbonyl (C=O) groups is 1. The Kier molecular flexibility index (Phi) is 6.99. The molecule has 1 aliphatic rings. The fourth-order valence-electron chi connectivity index (χ4n) is 2.44. The molecule has 0 saturated carbocycles. The highest BCUT2D eigenvalue weighted by Crippen LogP contribution is 2.15. The molecule has 1 amide bonds. The van der Waals surface area contributed by atoms with Gasteiger partial charge in [-0.25, -0.2) is 0 Å². The number of hydrogen-bond acceptors (Lipinski definition) is 3. The first-order valence-corrected chi connectivity index (χ1v) is 7.03. The molecule has 20 heavy (non-hydrogen) atoms. The number of para-hydroxylation sites is 1. The smallest absolute Gasteiger partial charge is 0.238 e. The van der Waals surface area contributed by atoms with Crippen molar-refractivity contribution in [1.29, 1.82) is 0 Å². The van der Waals surface area contributed by atoms with Gasteiger partial charge in [0.1, 0.15) is 0 Å². The van der Waals surface area contributed by atoms with Gasteiger partial charge in [-0.05, 0) is 25.0 Å². The first-order valence-electron chi connectivity index (χ1n) is 7.03. The number of benzene rings is 1. The predicted molar refractivity (Wildman–Crippen MR) is 85.6 cm³/mol. The van der Waals surface area contributed by atoms with Crippen molar-refractivity contribution in [3.05, 3.63) is 29.8 Å². The zero-order valence-electron chi connectivity index (χ0n) is 12.2. The lowest BCUT2D eigenvalue weighted by Gasteiger charge is -2.33. The van der Waals surface area contributed by atoms with Crippen LogP contribution in [0.3, 0.4) is 0 Å². The molecule has 0 unspecified atom stereocenters. The van der Waals surface area contributed by atoms with Gasteiger partial charge in [0.15, 0.2) is 0 Å². The van der Waals surface area contributed by atoms with Crippen LogP contribution in [0.5, 0.6) is 0 Å². The van der Waals surface area contributed by atoms with Crippen molar-refractivity contribution in [2.24, 2.45) is 0 Å². The number of piperazine rings is 1. The third kappa shape index (κ3) is 4.47. The van der Waals surface area contributed by atoms with Gasteiger partial charge in [0.2, 0.25) is 5.91 Å². The van der Waals surface area contributed by atoms with Crippen molar-refractivity contribution in [1.82, 2.24) is 10.2 Å². The highest BCUT2D eigenvalue weighted by molar-refractivity contribution is 5.93. The van der Waals surface area contributed by atoms with Gasteiger partial charge in [-0.2, -0.15) is 0 Å². The quantitative estimate of drug-likeness (QED) is 0.892. The van der Waals surface area contributed by atoms with Crippen LogP contribution in [0.1, 0.15) is 19.4 Å². The molecule has 2 N–H and O–H groups in total. The monoisotopic (exact) mass is 297 g/mol. The molecular formula is C15H24ClN3O. The van der Waals surface area contributed by atoms with Gasteiger partial charge in [0, 0.05) is 31.4 Å². The number of nitrogens with zero attached hydrogens (tertiary/aromatic N) is 1. The molecule has 1 heterocycles. The number of aryl methyl sites for hydroxylation is 1. The topological polar surface area (TPSA) is 44.4 Å². The Balaban J connectivity index is 0.00000200. The Hall–Kier alpha value is -1.10. The molecule has 1 aliphatic heterocycles. The van der Waals surface area contributed by atoms with Crippen molar-refractivity contribution in [2.75, 3.05) is 31.5 Å². The minimum atomic E-state index is 0. The minimum absolute atomic E-state index is 0. The predicted octanol–water partition coefficient (Wildman–Crippen LogP) is 1.90. The van der Waals surface area contributed by atoms with Crippen LogP contribution in [-0.2, 0) is 11.2 Å². The first kappa shape index (κ1) is 17.0. The molecular weight excluding hydrogens is 274 g/mol. The van der Waals surface area contributed by atoms with Gasteiger partial charge < -0.3 is 10.6 Å². The number of halogens is 1. The van der Waals surface area contributed by atoms with Crippen molar-refractivity contribution >= 4 is 24.0 Å². The van der Waals surface area contributed by atoms with Crippen molar-refractivity contribution in [3.8, 4) is 0 Å². The average molecular weight is 298 g/mol. The Morgan fingerprint density at radius 2 is 2.20 bits per heavy atom. The molecule has 5 heteroatoms. The van der Waals surface area contributed by atoms with Gasteiger partial charge in [-0.1, -0.05) is 25.1 Å². The summed E-state index contributed by atoms with van der Waals surface area (Å²) in [5.41, 5.74) is 2.13. The SMILES string of the molecule is CCc1ccccc1NC(=O)CN1CCNC[C@H]1C.Cl. The summed E-state index contributed by atoms with van der Waals surface area (Å²) < 4.78 is 0. The van der Waals surface area contributed by atoms with E-state index in [1.165, 1.54) is 5.56 Å². The number of amides is 1. The van der Waals surface area contributed by atoms with Crippen molar-refractivity contribution < 1.29 is 4.79 Å². The summed E-state index contributed by atoms with van der Waals surface area (Å²) in [7, 11) is 0. The molecule has 0 radical (unpaired) electrons. The summed E-state index contributed by atoms with van der Waals surface area (Å²) in [6, 6.07) is 8.41. The third-order valence-corrected chi connectivity index (χ3v) is 3.66. The fraction of sp³-hybridized carbons (Fsp3) is 0.533. The summed E-state index contributed by atoms with van der Waals surface area (Å²) in [5, 5.41) is 6.36.